The van der Waals surface area contributed by atoms with Gasteiger partial charge in [-0.25, -0.2) is 4.39 Å². The van der Waals surface area contributed by atoms with Crippen LogP contribution < -0.4 is 0 Å². The summed E-state index contributed by atoms with van der Waals surface area (Å²) >= 11 is 5.90. The van der Waals surface area contributed by atoms with Gasteiger partial charge < -0.3 is 4.90 Å². The highest BCUT2D eigenvalue weighted by Crippen LogP contribution is 2.44. The fraction of sp³-hybridized carbons (Fsp3) is 0.350. The first kappa shape index (κ1) is 19.2. The predicted octanol–water partition coefficient (Wildman–Crippen LogP) is 4.28. The number of likely N-dealkylation sites (tertiary alicyclic amines) is 2. The summed E-state index contributed by atoms with van der Waals surface area (Å²) in [4.78, 5) is 17.0. The lowest BCUT2D eigenvalue weighted by Gasteiger charge is -2.27. The number of carbonyl (C=O) groups excluding carboxylic acids is 1. The Hall–Kier alpha value is -1.62. The minimum Gasteiger partial charge on any atom is -0.338 e. The standard InChI is InChI=1S/C20H20ClFN2O.ClH/c1-23-10-15-11-24(20(25)14-7-16(21)9-17(22)8-14)12-18(15)19(23)13-5-3-2-4-6-13;/h2-9,15,18-19H,10-12H2,1H3;1H/t15-,18+,19-;/m0./s1. The first-order valence-electron chi connectivity index (χ1n) is 8.53. The van der Waals surface area contributed by atoms with Gasteiger partial charge in [0.1, 0.15) is 5.82 Å². The van der Waals surface area contributed by atoms with Crippen molar-refractivity contribution in [1.29, 1.82) is 0 Å². The average molecular weight is 395 g/mol. The molecule has 0 spiro atoms. The van der Waals surface area contributed by atoms with Crippen LogP contribution in [0.1, 0.15) is 22.0 Å². The molecule has 2 saturated heterocycles. The second-order valence-electron chi connectivity index (χ2n) is 7.09. The Balaban J connectivity index is 0.00000196. The molecule has 0 aliphatic carbocycles. The predicted molar refractivity (Wildman–Crippen MR) is 103 cm³/mol. The Morgan fingerprint density at radius 3 is 2.54 bits per heavy atom. The van der Waals surface area contributed by atoms with E-state index >= 15 is 0 Å². The molecule has 1 amide bonds. The molecule has 0 N–H and O–H groups in total. The number of hydrogen-bond acceptors (Lipinski definition) is 2. The van der Waals surface area contributed by atoms with Gasteiger partial charge in [-0.05, 0) is 36.7 Å². The van der Waals surface area contributed by atoms with E-state index in [2.05, 4.69) is 36.2 Å². The van der Waals surface area contributed by atoms with Crippen LogP contribution >= 0.6 is 24.0 Å². The Labute approximate surface area is 164 Å². The van der Waals surface area contributed by atoms with E-state index in [-0.39, 0.29) is 23.3 Å². The second kappa shape index (κ2) is 7.55. The molecule has 3 atom stereocenters. The molecule has 0 aromatic heterocycles. The monoisotopic (exact) mass is 394 g/mol. The van der Waals surface area contributed by atoms with Gasteiger partial charge in [0.25, 0.3) is 5.91 Å². The van der Waals surface area contributed by atoms with Crippen molar-refractivity contribution < 1.29 is 9.18 Å². The zero-order valence-electron chi connectivity index (χ0n) is 14.4. The minimum absolute atomic E-state index is 0. The minimum atomic E-state index is -0.475. The zero-order valence-corrected chi connectivity index (χ0v) is 16.0. The summed E-state index contributed by atoms with van der Waals surface area (Å²) in [5.74, 6) is 0.242. The number of nitrogens with zero attached hydrogens (tertiary/aromatic N) is 2. The molecule has 4 rings (SSSR count). The summed E-state index contributed by atoms with van der Waals surface area (Å²) in [6.45, 7) is 2.38. The smallest absolute Gasteiger partial charge is 0.254 e. The first-order valence-corrected chi connectivity index (χ1v) is 8.91. The molecule has 138 valence electrons. The van der Waals surface area contributed by atoms with E-state index in [1.807, 2.05) is 11.0 Å². The van der Waals surface area contributed by atoms with Crippen molar-refractivity contribution in [2.75, 3.05) is 26.7 Å². The number of amides is 1. The van der Waals surface area contributed by atoms with Gasteiger partial charge in [-0.2, -0.15) is 0 Å². The van der Waals surface area contributed by atoms with Gasteiger partial charge in [-0.3, -0.25) is 9.69 Å². The first-order chi connectivity index (χ1) is 12.0. The van der Waals surface area contributed by atoms with E-state index in [0.717, 1.165) is 6.54 Å². The lowest BCUT2D eigenvalue weighted by atomic mass is 9.90. The average Bonchev–Trinajstić information content (AvgIpc) is 3.10. The Morgan fingerprint density at radius 2 is 1.85 bits per heavy atom. The van der Waals surface area contributed by atoms with Crippen LogP contribution in [0.15, 0.2) is 48.5 Å². The van der Waals surface area contributed by atoms with E-state index < -0.39 is 5.82 Å². The van der Waals surface area contributed by atoms with Crippen LogP contribution in [0.5, 0.6) is 0 Å². The maximum Gasteiger partial charge on any atom is 0.254 e. The summed E-state index contributed by atoms with van der Waals surface area (Å²) < 4.78 is 13.6. The summed E-state index contributed by atoms with van der Waals surface area (Å²) in [5, 5.41) is 0.254. The molecule has 0 radical (unpaired) electrons. The topological polar surface area (TPSA) is 23.6 Å². The molecule has 2 fully saturated rings. The Morgan fingerprint density at radius 1 is 1.12 bits per heavy atom. The summed E-state index contributed by atoms with van der Waals surface area (Å²) in [5.41, 5.74) is 1.62. The van der Waals surface area contributed by atoms with Crippen LogP contribution in [0.4, 0.5) is 4.39 Å². The Kier molecular flexibility index (Phi) is 5.56. The molecule has 2 aromatic carbocycles. The van der Waals surface area contributed by atoms with E-state index in [9.17, 15) is 9.18 Å². The van der Waals surface area contributed by atoms with Gasteiger partial charge in [0.2, 0.25) is 0 Å². The van der Waals surface area contributed by atoms with Crippen LogP contribution in [-0.4, -0.2) is 42.4 Å². The van der Waals surface area contributed by atoms with Crippen molar-refractivity contribution in [3.63, 3.8) is 0 Å². The van der Waals surface area contributed by atoms with Gasteiger partial charge >= 0.3 is 0 Å². The lowest BCUT2D eigenvalue weighted by Crippen LogP contribution is -2.33. The number of benzene rings is 2. The SMILES string of the molecule is CN1C[C@H]2CN(C(=O)c3cc(F)cc(Cl)c3)C[C@H]2[C@@H]1c1ccccc1.Cl. The third-order valence-corrected chi connectivity index (χ3v) is 5.65. The zero-order chi connectivity index (χ0) is 17.6. The van der Waals surface area contributed by atoms with Crippen LogP contribution in [0.25, 0.3) is 0 Å². The van der Waals surface area contributed by atoms with Gasteiger partial charge in [-0.1, -0.05) is 41.9 Å². The molecule has 2 aromatic rings. The highest BCUT2D eigenvalue weighted by molar-refractivity contribution is 6.31. The molecular weight excluding hydrogens is 374 g/mol. The molecule has 0 saturated carbocycles. The number of halogens is 3. The maximum absolute atomic E-state index is 13.6. The van der Waals surface area contributed by atoms with Crippen LogP contribution in [0.3, 0.4) is 0 Å². The lowest BCUT2D eigenvalue weighted by molar-refractivity contribution is 0.0767. The van der Waals surface area contributed by atoms with Gasteiger partial charge in [-0.15, -0.1) is 12.4 Å². The fourth-order valence-corrected chi connectivity index (χ4v) is 4.66. The molecular formula is C20H21Cl2FN2O. The largest absolute Gasteiger partial charge is 0.338 e. The van der Waals surface area contributed by atoms with Crippen molar-refractivity contribution in [1.82, 2.24) is 9.80 Å². The van der Waals surface area contributed by atoms with Gasteiger partial charge in [0.15, 0.2) is 0 Å². The summed E-state index contributed by atoms with van der Waals surface area (Å²) in [7, 11) is 2.15. The normalized spacial score (nSPS) is 25.0. The Bertz CT molecular complexity index is 781. The number of carbonyl (C=O) groups is 1. The molecule has 0 bridgehead atoms. The summed E-state index contributed by atoms with van der Waals surface area (Å²) in [6, 6.07) is 14.8. The van der Waals surface area contributed by atoms with Gasteiger partial charge in [0, 0.05) is 42.2 Å². The van der Waals surface area contributed by atoms with Crippen molar-refractivity contribution in [3.8, 4) is 0 Å². The van der Waals surface area contributed by atoms with E-state index in [4.69, 9.17) is 11.6 Å². The quantitative estimate of drug-likeness (QED) is 0.758. The van der Waals surface area contributed by atoms with Crippen LogP contribution in [0, 0.1) is 17.7 Å². The molecule has 2 heterocycles. The molecule has 0 unspecified atom stereocenters. The molecule has 2 aliphatic rings. The second-order valence-corrected chi connectivity index (χ2v) is 7.52. The van der Waals surface area contributed by atoms with E-state index in [1.54, 1.807) is 6.07 Å². The molecule has 6 heteroatoms. The van der Waals surface area contributed by atoms with E-state index in [0.29, 0.717) is 36.5 Å². The van der Waals surface area contributed by atoms with E-state index in [1.165, 1.54) is 17.7 Å². The highest BCUT2D eigenvalue weighted by Gasteiger charge is 2.47. The van der Waals surface area contributed by atoms with Crippen molar-refractivity contribution in [2.45, 2.75) is 6.04 Å². The fourth-order valence-electron chi connectivity index (χ4n) is 4.44. The highest BCUT2D eigenvalue weighted by atomic mass is 35.5. The maximum atomic E-state index is 13.6. The number of hydrogen-bond donors (Lipinski definition) is 0. The van der Waals surface area contributed by atoms with Crippen molar-refractivity contribution in [3.05, 3.63) is 70.5 Å². The van der Waals surface area contributed by atoms with Crippen molar-refractivity contribution >= 4 is 29.9 Å². The third-order valence-electron chi connectivity index (χ3n) is 5.43. The molecule has 26 heavy (non-hydrogen) atoms. The molecule has 3 nitrogen and oxygen atoms in total. The van der Waals surface area contributed by atoms with Crippen molar-refractivity contribution in [2.24, 2.45) is 11.8 Å². The summed E-state index contributed by atoms with van der Waals surface area (Å²) in [6.07, 6.45) is 0. The molecule has 2 aliphatic heterocycles. The van der Waals surface area contributed by atoms with Crippen LogP contribution in [-0.2, 0) is 0 Å². The third kappa shape index (κ3) is 3.46. The number of rotatable bonds is 2. The number of fused-ring (bicyclic) bond motifs is 1. The van der Waals surface area contributed by atoms with Crippen LogP contribution in [0.2, 0.25) is 5.02 Å². The van der Waals surface area contributed by atoms with Gasteiger partial charge in [0.05, 0.1) is 0 Å².